The normalized spacial score (nSPS) is 12.0. The zero-order valence-electron chi connectivity index (χ0n) is 27.1. The van der Waals surface area contributed by atoms with Crippen LogP contribution < -0.4 is 0 Å². The molecule has 0 rings (SSSR count). The van der Waals surface area contributed by atoms with Crippen LogP contribution in [0.2, 0.25) is 18.9 Å². The van der Waals surface area contributed by atoms with Gasteiger partial charge in [-0.3, -0.25) is 0 Å². The Labute approximate surface area is 242 Å². The molecule has 0 amide bonds. The first kappa shape index (κ1) is 37.7. The van der Waals surface area contributed by atoms with Gasteiger partial charge in [-0.1, -0.05) is 0 Å². The van der Waals surface area contributed by atoms with E-state index < -0.39 is 16.6 Å². The zero-order chi connectivity index (χ0) is 27.1. The molecule has 0 nitrogen and oxygen atoms in total. The first-order valence-corrected chi connectivity index (χ1v) is 22.7. The van der Waals surface area contributed by atoms with E-state index in [-0.39, 0.29) is 0 Å². The molecule has 0 saturated heterocycles. The molecule has 37 heavy (non-hydrogen) atoms. The average Bonchev–Trinajstić information content (AvgIpc) is 2.91. The van der Waals surface area contributed by atoms with Gasteiger partial charge in [0.1, 0.15) is 0 Å². The summed E-state index contributed by atoms with van der Waals surface area (Å²) in [6.07, 6.45) is 41.9. The molecule has 0 heterocycles. The molecule has 0 atom stereocenters. The minimum absolute atomic E-state index is 1.38. The van der Waals surface area contributed by atoms with Gasteiger partial charge in [-0.25, -0.2) is 0 Å². The van der Waals surface area contributed by atoms with Crippen LogP contribution in [0, 0.1) is 0 Å². The fourth-order valence-corrected chi connectivity index (χ4v) is 15.2. The van der Waals surface area contributed by atoms with Crippen molar-refractivity contribution in [2.45, 2.75) is 226 Å². The van der Waals surface area contributed by atoms with Crippen molar-refractivity contribution in [3.05, 3.63) is 0 Å². The predicted octanol–water partition coefficient (Wildman–Crippen LogP) is 14.8. The number of hydrogen-bond donors (Lipinski definition) is 0. The fraction of sp³-hybridized carbons (Fsp3) is 1.00. The van der Waals surface area contributed by atoms with Gasteiger partial charge in [0.25, 0.3) is 0 Å². The third kappa shape index (κ3) is 26.7. The van der Waals surface area contributed by atoms with Crippen molar-refractivity contribution in [2.24, 2.45) is 0 Å². The second-order valence-electron chi connectivity index (χ2n) is 13.0. The second-order valence-corrected chi connectivity index (χ2v) is 20.8. The molecule has 0 unspecified atom stereocenters. The van der Waals surface area contributed by atoms with Gasteiger partial charge < -0.3 is 0 Å². The Morgan fingerprint density at radius 2 is 0.378 bits per heavy atom. The van der Waals surface area contributed by atoms with Gasteiger partial charge in [0, 0.05) is 0 Å². The molecule has 0 aromatic rings. The first-order chi connectivity index (χ1) is 18.2. The van der Waals surface area contributed by atoms with Crippen molar-refractivity contribution in [3.63, 3.8) is 0 Å². The monoisotopic (exact) mass is 557 g/mol. The molecule has 1 heteroatoms. The predicted molar refractivity (Wildman–Crippen MR) is 171 cm³/mol. The Morgan fingerprint density at radius 1 is 0.216 bits per heavy atom. The molecule has 0 aliphatic heterocycles. The number of unbranched alkanes of at least 4 members (excludes halogenated alkanes) is 24. The van der Waals surface area contributed by atoms with Crippen LogP contribution in [-0.2, 0) is 16.6 Å². The molecule has 0 N–H and O–H groups in total. The summed E-state index contributed by atoms with van der Waals surface area (Å²) in [5.41, 5.74) is 0. The van der Waals surface area contributed by atoms with Crippen molar-refractivity contribution < 1.29 is 16.6 Å². The Hall–Kier alpha value is 0.714. The van der Waals surface area contributed by atoms with Gasteiger partial charge in [-0.05, 0) is 0 Å². The molecule has 0 aliphatic carbocycles. The molecule has 0 bridgehead atoms. The average molecular weight is 557 g/mol. The fourth-order valence-electron chi connectivity index (χ4n) is 6.58. The van der Waals surface area contributed by atoms with E-state index >= 15 is 0 Å². The van der Waals surface area contributed by atoms with Crippen molar-refractivity contribution in [3.8, 4) is 0 Å². The summed E-state index contributed by atoms with van der Waals surface area (Å²) in [5, 5.41) is 0. The van der Waals surface area contributed by atoms with Gasteiger partial charge in [-0.2, -0.15) is 0 Å². The standard InChI is InChI=1S/4C9H19.Ti/c4*1-3-5-7-9-8-6-4-2;/h4*1,3-9H2,2H3;. The van der Waals surface area contributed by atoms with E-state index in [0.29, 0.717) is 0 Å². The van der Waals surface area contributed by atoms with Gasteiger partial charge in [0.15, 0.2) is 0 Å². The summed E-state index contributed by atoms with van der Waals surface area (Å²) >= 11 is -1.72. The third-order valence-corrected chi connectivity index (χ3v) is 18.1. The molecule has 0 aromatic carbocycles. The van der Waals surface area contributed by atoms with Gasteiger partial charge in [-0.15, -0.1) is 0 Å². The van der Waals surface area contributed by atoms with E-state index in [9.17, 15) is 0 Å². The summed E-state index contributed by atoms with van der Waals surface area (Å²) in [6, 6.07) is 0. The molecular weight excluding hydrogens is 480 g/mol. The van der Waals surface area contributed by atoms with Crippen molar-refractivity contribution in [1.82, 2.24) is 0 Å². The van der Waals surface area contributed by atoms with Crippen LogP contribution in [0.1, 0.15) is 207 Å². The van der Waals surface area contributed by atoms with Crippen LogP contribution in [0.4, 0.5) is 0 Å². The maximum absolute atomic E-state index is 2.35. The van der Waals surface area contributed by atoms with E-state index in [1.54, 1.807) is 70.3 Å². The van der Waals surface area contributed by atoms with Crippen LogP contribution in [-0.4, -0.2) is 0 Å². The summed E-state index contributed by atoms with van der Waals surface area (Å²) in [5.74, 6) is 0. The quantitative estimate of drug-likeness (QED) is 0.0571. The van der Waals surface area contributed by atoms with Crippen LogP contribution in [0.5, 0.6) is 0 Å². The third-order valence-electron chi connectivity index (χ3n) is 9.24. The van der Waals surface area contributed by atoms with E-state index in [2.05, 4.69) is 27.7 Å². The second kappa shape index (κ2) is 31.2. The van der Waals surface area contributed by atoms with Crippen molar-refractivity contribution in [1.29, 1.82) is 0 Å². The molecule has 0 fully saturated rings. The maximum atomic E-state index is 2.35. The summed E-state index contributed by atoms with van der Waals surface area (Å²) in [4.78, 5) is 0. The van der Waals surface area contributed by atoms with E-state index in [1.807, 2.05) is 0 Å². The summed E-state index contributed by atoms with van der Waals surface area (Å²) < 4.78 is 6.93. The number of hydrogen-bond acceptors (Lipinski definition) is 0. The summed E-state index contributed by atoms with van der Waals surface area (Å²) in [7, 11) is 0. The zero-order valence-corrected chi connectivity index (χ0v) is 28.7. The SMILES string of the molecule is CCCCCCCC[CH2][Ti]([CH2]CCCCCCCC)([CH2]CCCCCCCC)[CH2]CCCCCCCC. The van der Waals surface area contributed by atoms with Crippen LogP contribution in [0.3, 0.4) is 0 Å². The topological polar surface area (TPSA) is 0 Å². The van der Waals surface area contributed by atoms with Crippen LogP contribution in [0.25, 0.3) is 0 Å². The van der Waals surface area contributed by atoms with Crippen LogP contribution in [0.15, 0.2) is 0 Å². The minimum atomic E-state index is -1.72. The first-order valence-electron chi connectivity index (χ1n) is 18.2. The molecule has 0 aliphatic rings. The van der Waals surface area contributed by atoms with Crippen molar-refractivity contribution in [2.75, 3.05) is 0 Å². The Morgan fingerprint density at radius 3 is 0.568 bits per heavy atom. The Bertz CT molecular complexity index is 326. The van der Waals surface area contributed by atoms with Crippen LogP contribution >= 0.6 is 0 Å². The summed E-state index contributed by atoms with van der Waals surface area (Å²) in [6.45, 7) is 9.39. The van der Waals surface area contributed by atoms with Gasteiger partial charge >= 0.3 is 243 Å². The Balaban J connectivity index is 4.78. The molecule has 0 radical (unpaired) electrons. The van der Waals surface area contributed by atoms with E-state index in [0.717, 1.165) is 0 Å². The molecule has 0 spiro atoms. The van der Waals surface area contributed by atoms with E-state index in [1.165, 1.54) is 128 Å². The molecule has 224 valence electrons. The molecular formula is C36H76Ti. The Kier molecular flexibility index (Phi) is 31.8. The van der Waals surface area contributed by atoms with Gasteiger partial charge in [0.2, 0.25) is 0 Å². The van der Waals surface area contributed by atoms with E-state index in [4.69, 9.17) is 0 Å². The molecule has 0 saturated carbocycles. The van der Waals surface area contributed by atoms with Crippen molar-refractivity contribution >= 4 is 0 Å². The molecule has 0 aromatic heterocycles. The number of rotatable bonds is 32. The van der Waals surface area contributed by atoms with Gasteiger partial charge in [0.05, 0.1) is 0 Å².